The Bertz CT molecular complexity index is 1460. The lowest BCUT2D eigenvalue weighted by Crippen LogP contribution is -2.58. The van der Waals surface area contributed by atoms with Crippen molar-refractivity contribution >= 4 is 61.7 Å². The zero-order valence-electron chi connectivity index (χ0n) is 20.1. The number of aromatic nitrogens is 2. The molecule has 0 aliphatic carbocycles. The Morgan fingerprint density at radius 2 is 1.95 bits per heavy atom. The maximum Gasteiger partial charge on any atom is 0.417 e. The molecular formula is C25H24BrF3N4O2S2. The summed E-state index contributed by atoms with van der Waals surface area (Å²) < 4.78 is 46.0. The van der Waals surface area contributed by atoms with Gasteiger partial charge in [0.1, 0.15) is 5.82 Å². The number of piperazine rings is 1. The number of thioether (sulfide) groups is 1. The molecule has 0 saturated carbocycles. The maximum atomic E-state index is 14.6. The van der Waals surface area contributed by atoms with Crippen molar-refractivity contribution in [2.24, 2.45) is 0 Å². The van der Waals surface area contributed by atoms with Crippen molar-refractivity contribution in [3.05, 3.63) is 50.7 Å². The standard InChI is InChI=1S/C25H24BrF3N4O2S2/c1-4-19(34)33-13(2)10-31(11-14(33)3)23-16-9-17(25(27,28)29)20(18-8-15(26)12-37-18)22-21(16)32(24(35)30-23)6-5-7-36-22/h4,8-9,12-14H,1,5-7,10-11H2,2-3H3. The topological polar surface area (TPSA) is 58.4 Å². The van der Waals surface area contributed by atoms with Gasteiger partial charge in [-0.2, -0.15) is 18.2 Å². The molecule has 2 aliphatic heterocycles. The lowest BCUT2D eigenvalue weighted by molar-refractivity contribution is -0.137. The second kappa shape index (κ2) is 9.77. The van der Waals surface area contributed by atoms with Crippen LogP contribution in [-0.4, -0.2) is 51.3 Å². The lowest BCUT2D eigenvalue weighted by Gasteiger charge is -2.44. The van der Waals surface area contributed by atoms with Gasteiger partial charge in [-0.25, -0.2) is 4.79 Å². The predicted molar refractivity (Wildman–Crippen MR) is 146 cm³/mol. The van der Waals surface area contributed by atoms with E-state index in [4.69, 9.17) is 0 Å². The van der Waals surface area contributed by atoms with E-state index in [1.807, 2.05) is 18.7 Å². The molecule has 0 bridgehead atoms. The van der Waals surface area contributed by atoms with Gasteiger partial charge in [-0.05, 0) is 60.2 Å². The number of halogens is 4. The molecule has 2 aromatic heterocycles. The SMILES string of the molecule is C=CC(=O)N1C(C)CN(c2nc(=O)n3c4c(c(-c5cc(Br)cs5)c(C(F)(F)F)cc24)SCCC3)CC1C. The molecule has 1 amide bonds. The van der Waals surface area contributed by atoms with Gasteiger partial charge in [-0.15, -0.1) is 23.1 Å². The van der Waals surface area contributed by atoms with Gasteiger partial charge >= 0.3 is 11.9 Å². The number of carbonyl (C=O) groups is 1. The largest absolute Gasteiger partial charge is 0.417 e. The predicted octanol–water partition coefficient (Wildman–Crippen LogP) is 6.01. The van der Waals surface area contributed by atoms with E-state index in [2.05, 4.69) is 27.5 Å². The van der Waals surface area contributed by atoms with Crippen LogP contribution >= 0.6 is 39.0 Å². The Morgan fingerprint density at radius 1 is 1.24 bits per heavy atom. The van der Waals surface area contributed by atoms with Crippen LogP contribution in [0.5, 0.6) is 0 Å². The third kappa shape index (κ3) is 4.61. The van der Waals surface area contributed by atoms with Crippen LogP contribution in [0.3, 0.4) is 0 Å². The van der Waals surface area contributed by atoms with E-state index in [0.717, 1.165) is 6.07 Å². The molecular weight excluding hydrogens is 589 g/mol. The second-order valence-electron chi connectivity index (χ2n) is 9.28. The highest BCUT2D eigenvalue weighted by Gasteiger charge is 2.39. The van der Waals surface area contributed by atoms with Gasteiger partial charge in [0, 0.05) is 62.3 Å². The lowest BCUT2D eigenvalue weighted by atomic mass is 10.0. The molecule has 1 saturated heterocycles. The van der Waals surface area contributed by atoms with Gasteiger partial charge in [0.2, 0.25) is 5.91 Å². The summed E-state index contributed by atoms with van der Waals surface area (Å²) in [7, 11) is 0. The van der Waals surface area contributed by atoms with Crippen molar-refractivity contribution in [3.8, 4) is 10.4 Å². The number of benzene rings is 1. The van der Waals surface area contributed by atoms with Crippen LogP contribution in [-0.2, 0) is 17.5 Å². The molecule has 2 atom stereocenters. The third-order valence-corrected chi connectivity index (χ3v) is 9.63. The number of amides is 1. The van der Waals surface area contributed by atoms with Crippen LogP contribution in [0, 0.1) is 0 Å². The molecule has 5 rings (SSSR count). The van der Waals surface area contributed by atoms with Crippen molar-refractivity contribution in [1.82, 2.24) is 14.5 Å². The summed E-state index contributed by atoms with van der Waals surface area (Å²) in [5.41, 5.74) is -0.617. The Kier molecular flexibility index (Phi) is 6.95. The summed E-state index contributed by atoms with van der Waals surface area (Å²) >= 11 is 5.96. The van der Waals surface area contributed by atoms with E-state index in [1.54, 1.807) is 16.3 Å². The van der Waals surface area contributed by atoms with Crippen LogP contribution in [0.4, 0.5) is 19.0 Å². The highest BCUT2D eigenvalue weighted by Crippen LogP contribution is 2.49. The summed E-state index contributed by atoms with van der Waals surface area (Å²) in [6, 6.07) is 2.35. The van der Waals surface area contributed by atoms with Crippen LogP contribution < -0.4 is 10.6 Å². The normalized spacial score (nSPS) is 20.3. The quantitative estimate of drug-likeness (QED) is 0.339. The van der Waals surface area contributed by atoms with E-state index in [1.165, 1.54) is 33.7 Å². The van der Waals surface area contributed by atoms with E-state index < -0.39 is 17.4 Å². The molecule has 1 fully saturated rings. The van der Waals surface area contributed by atoms with Gasteiger partial charge in [-0.1, -0.05) is 6.58 Å². The first kappa shape index (κ1) is 26.3. The average molecular weight is 614 g/mol. The van der Waals surface area contributed by atoms with Crippen molar-refractivity contribution < 1.29 is 18.0 Å². The van der Waals surface area contributed by atoms with Gasteiger partial charge in [0.25, 0.3) is 0 Å². The molecule has 4 heterocycles. The van der Waals surface area contributed by atoms with E-state index in [9.17, 15) is 22.8 Å². The minimum Gasteiger partial charge on any atom is -0.352 e. The van der Waals surface area contributed by atoms with E-state index in [-0.39, 0.29) is 29.4 Å². The molecule has 12 heteroatoms. The highest BCUT2D eigenvalue weighted by molar-refractivity contribution is 9.10. The second-order valence-corrected chi connectivity index (χ2v) is 12.2. The maximum absolute atomic E-state index is 14.6. The van der Waals surface area contributed by atoms with Crippen LogP contribution in [0.25, 0.3) is 21.3 Å². The molecule has 37 heavy (non-hydrogen) atoms. The Hall–Kier alpha value is -2.31. The first-order valence-electron chi connectivity index (χ1n) is 11.8. The number of thiophene rings is 1. The van der Waals surface area contributed by atoms with Crippen molar-refractivity contribution in [2.45, 2.75) is 50.0 Å². The van der Waals surface area contributed by atoms with Gasteiger partial charge in [0.05, 0.1) is 11.1 Å². The number of hydrogen-bond acceptors (Lipinski definition) is 6. The molecule has 2 unspecified atom stereocenters. The number of hydrogen-bond donors (Lipinski definition) is 0. The van der Waals surface area contributed by atoms with E-state index >= 15 is 0 Å². The monoisotopic (exact) mass is 612 g/mol. The number of alkyl halides is 3. The van der Waals surface area contributed by atoms with Gasteiger partial charge in [0.15, 0.2) is 0 Å². The summed E-state index contributed by atoms with van der Waals surface area (Å²) in [4.78, 5) is 34.5. The smallest absolute Gasteiger partial charge is 0.352 e. The van der Waals surface area contributed by atoms with Crippen molar-refractivity contribution in [2.75, 3.05) is 23.7 Å². The molecule has 3 aromatic rings. The van der Waals surface area contributed by atoms with Crippen LogP contribution in [0.1, 0.15) is 25.8 Å². The molecule has 0 radical (unpaired) electrons. The number of rotatable bonds is 3. The Balaban J connectivity index is 1.79. The third-order valence-electron chi connectivity index (χ3n) is 6.74. The molecule has 1 aromatic carbocycles. The first-order chi connectivity index (χ1) is 17.5. The zero-order chi connectivity index (χ0) is 26.6. The number of anilines is 1. The Morgan fingerprint density at radius 3 is 2.54 bits per heavy atom. The minimum atomic E-state index is -4.61. The molecule has 0 spiro atoms. The first-order valence-corrected chi connectivity index (χ1v) is 14.4. The van der Waals surface area contributed by atoms with Crippen LogP contribution in [0.2, 0.25) is 0 Å². The van der Waals surface area contributed by atoms with Gasteiger partial charge in [-0.3, -0.25) is 9.36 Å². The number of carbonyl (C=O) groups excluding carboxylic acids is 1. The minimum absolute atomic E-state index is 0.107. The average Bonchev–Trinajstić information content (AvgIpc) is 3.13. The van der Waals surface area contributed by atoms with E-state index in [0.29, 0.717) is 57.0 Å². The molecule has 0 N–H and O–H groups in total. The fourth-order valence-electron chi connectivity index (χ4n) is 5.33. The van der Waals surface area contributed by atoms with Crippen LogP contribution in [0.15, 0.2) is 44.3 Å². The summed E-state index contributed by atoms with van der Waals surface area (Å²) in [5.74, 6) is 0.611. The van der Waals surface area contributed by atoms with Gasteiger partial charge < -0.3 is 9.80 Å². The fourth-order valence-corrected chi connectivity index (χ4v) is 8.08. The molecule has 6 nitrogen and oxygen atoms in total. The summed E-state index contributed by atoms with van der Waals surface area (Å²) in [5, 5.41) is 2.06. The number of nitrogens with zero attached hydrogens (tertiary/aromatic N) is 4. The zero-order valence-corrected chi connectivity index (χ0v) is 23.4. The summed E-state index contributed by atoms with van der Waals surface area (Å²) in [6.45, 7) is 8.37. The number of aryl methyl sites for hydroxylation is 1. The molecule has 196 valence electrons. The fraction of sp³-hybridized carbons (Fsp3) is 0.400. The molecule has 2 aliphatic rings. The Labute approximate surface area is 228 Å². The summed E-state index contributed by atoms with van der Waals surface area (Å²) in [6.07, 6.45) is -2.71. The van der Waals surface area contributed by atoms with Crippen molar-refractivity contribution in [1.29, 1.82) is 0 Å². The van der Waals surface area contributed by atoms with Crippen molar-refractivity contribution in [3.63, 3.8) is 0 Å². The highest BCUT2D eigenvalue weighted by atomic mass is 79.9.